The third-order valence-electron chi connectivity index (χ3n) is 6.96. The fourth-order valence-corrected chi connectivity index (χ4v) is 5.23. The van der Waals surface area contributed by atoms with Gasteiger partial charge in [0.05, 0.1) is 6.54 Å². The van der Waals surface area contributed by atoms with Gasteiger partial charge in [0.15, 0.2) is 5.54 Å². The molecule has 2 saturated heterocycles. The normalized spacial score (nSPS) is 16.8. The van der Waals surface area contributed by atoms with E-state index in [0.29, 0.717) is 17.7 Å². The van der Waals surface area contributed by atoms with Crippen LogP contribution in [0.3, 0.4) is 0 Å². The van der Waals surface area contributed by atoms with Gasteiger partial charge in [0.25, 0.3) is 11.8 Å². The number of nitrogens with one attached hydrogen (secondary N) is 2. The second kappa shape index (κ2) is 10.4. The first-order valence-corrected chi connectivity index (χ1v) is 12.6. The second-order valence-electron chi connectivity index (χ2n) is 9.58. The van der Waals surface area contributed by atoms with Gasteiger partial charge < -0.3 is 10.2 Å². The van der Waals surface area contributed by atoms with Crippen molar-refractivity contribution in [2.75, 3.05) is 31.6 Å². The van der Waals surface area contributed by atoms with E-state index in [9.17, 15) is 14.4 Å². The summed E-state index contributed by atoms with van der Waals surface area (Å²) in [6, 6.07) is 25.7. The maximum Gasteiger partial charge on any atom is 0.344 e. The zero-order valence-corrected chi connectivity index (χ0v) is 20.9. The number of imide groups is 1. The van der Waals surface area contributed by atoms with Gasteiger partial charge in [-0.2, -0.15) is 5.01 Å². The average molecular weight is 498 g/mol. The van der Waals surface area contributed by atoms with Gasteiger partial charge in [-0.15, -0.1) is 0 Å². The minimum Gasteiger partial charge on any atom is -0.371 e. The first-order chi connectivity index (χ1) is 18.0. The predicted molar refractivity (Wildman–Crippen MR) is 141 cm³/mol. The highest BCUT2D eigenvalue weighted by molar-refractivity contribution is 6.10. The Hall–Kier alpha value is -4.17. The first-order valence-electron chi connectivity index (χ1n) is 12.6. The highest BCUT2D eigenvalue weighted by Crippen LogP contribution is 2.35. The number of hydrogen-bond acceptors (Lipinski definition) is 5. The zero-order chi connectivity index (χ0) is 25.8. The van der Waals surface area contributed by atoms with E-state index in [-0.39, 0.29) is 6.54 Å². The van der Waals surface area contributed by atoms with Gasteiger partial charge in [-0.3, -0.25) is 19.9 Å². The lowest BCUT2D eigenvalue weighted by Gasteiger charge is -2.28. The summed E-state index contributed by atoms with van der Waals surface area (Å²) in [7, 11) is 1.85. The van der Waals surface area contributed by atoms with Crippen LogP contribution < -0.4 is 15.6 Å². The van der Waals surface area contributed by atoms with Crippen LogP contribution in [0.25, 0.3) is 0 Å². The van der Waals surface area contributed by atoms with E-state index < -0.39 is 23.4 Å². The Kier molecular flexibility index (Phi) is 6.92. The van der Waals surface area contributed by atoms with E-state index in [2.05, 4.69) is 27.8 Å². The second-order valence-corrected chi connectivity index (χ2v) is 9.58. The van der Waals surface area contributed by atoms with Crippen molar-refractivity contribution >= 4 is 23.5 Å². The average Bonchev–Trinajstić information content (AvgIpc) is 3.53. The van der Waals surface area contributed by atoms with Crippen LogP contribution in [0.4, 0.5) is 10.5 Å². The Bertz CT molecular complexity index is 1240. The summed E-state index contributed by atoms with van der Waals surface area (Å²) in [6.45, 7) is 2.67. The summed E-state index contributed by atoms with van der Waals surface area (Å²) in [5.41, 5.74) is 4.68. The Labute approximate surface area is 216 Å². The van der Waals surface area contributed by atoms with Crippen LogP contribution in [0, 0.1) is 0 Å². The quantitative estimate of drug-likeness (QED) is 0.467. The molecule has 4 amide bonds. The molecule has 190 valence electrons. The lowest BCUT2D eigenvalue weighted by atomic mass is 9.83. The minimum atomic E-state index is -1.42. The molecule has 0 unspecified atom stereocenters. The number of amides is 4. The number of anilines is 1. The molecule has 2 fully saturated rings. The molecular weight excluding hydrogens is 466 g/mol. The summed E-state index contributed by atoms with van der Waals surface area (Å²) < 4.78 is 0. The van der Waals surface area contributed by atoms with Crippen LogP contribution in [0.5, 0.6) is 0 Å². The van der Waals surface area contributed by atoms with Crippen molar-refractivity contribution in [2.45, 2.75) is 24.9 Å². The Morgan fingerprint density at radius 2 is 1.46 bits per heavy atom. The number of benzene rings is 3. The molecule has 3 aromatic rings. The topological polar surface area (TPSA) is 85.0 Å². The lowest BCUT2D eigenvalue weighted by Crippen LogP contribution is -2.51. The van der Waals surface area contributed by atoms with Gasteiger partial charge in [0, 0.05) is 25.3 Å². The number of carbonyl (C=O) groups is 3. The predicted octanol–water partition coefficient (Wildman–Crippen LogP) is 3.25. The number of nitrogens with zero attached hydrogens (tertiary/aromatic N) is 3. The standard InChI is InChI=1S/C29H31N5O3/c1-32(20-22-12-8-9-17-25(22)33-18-10-11-19-33)21-26(35)31-34-27(36)29(30-28(34)37,23-13-4-2-5-14-23)24-15-6-3-7-16-24/h2-9,12-17H,10-11,18-21H2,1H3,(H,30,37)(H,31,35). The van der Waals surface area contributed by atoms with Crippen LogP contribution in [0.1, 0.15) is 29.5 Å². The monoisotopic (exact) mass is 497 g/mol. The third-order valence-corrected chi connectivity index (χ3v) is 6.96. The summed E-state index contributed by atoms with van der Waals surface area (Å²) in [6.07, 6.45) is 2.37. The number of likely N-dealkylation sites (N-methyl/N-ethyl adjacent to an activating group) is 1. The van der Waals surface area contributed by atoms with Gasteiger partial charge in [-0.1, -0.05) is 78.9 Å². The molecule has 0 aliphatic carbocycles. The number of urea groups is 1. The molecule has 5 rings (SSSR count). The highest BCUT2D eigenvalue weighted by Gasteiger charge is 2.54. The number of para-hydroxylation sites is 1. The molecule has 0 bridgehead atoms. The molecule has 2 aliphatic heterocycles. The molecule has 0 aromatic heterocycles. The van der Waals surface area contributed by atoms with E-state index >= 15 is 0 Å². The molecule has 8 heteroatoms. The maximum absolute atomic E-state index is 13.8. The Morgan fingerprint density at radius 3 is 2.08 bits per heavy atom. The number of carbonyl (C=O) groups excluding carboxylic acids is 3. The molecule has 0 spiro atoms. The van der Waals surface area contributed by atoms with Gasteiger partial charge in [0.1, 0.15) is 0 Å². The third kappa shape index (κ3) is 4.80. The molecule has 2 heterocycles. The van der Waals surface area contributed by atoms with Crippen LogP contribution in [0.15, 0.2) is 84.9 Å². The zero-order valence-electron chi connectivity index (χ0n) is 20.9. The van der Waals surface area contributed by atoms with E-state index in [4.69, 9.17) is 0 Å². The van der Waals surface area contributed by atoms with Gasteiger partial charge in [0.2, 0.25) is 0 Å². The minimum absolute atomic E-state index is 0.0229. The number of hydrogen-bond donors (Lipinski definition) is 2. The molecule has 0 radical (unpaired) electrons. The summed E-state index contributed by atoms with van der Waals surface area (Å²) in [5.74, 6) is -0.994. The van der Waals surface area contributed by atoms with E-state index in [0.717, 1.165) is 23.7 Å². The number of rotatable bonds is 8. The van der Waals surface area contributed by atoms with Crippen LogP contribution in [-0.2, 0) is 21.7 Å². The maximum atomic E-state index is 13.8. The van der Waals surface area contributed by atoms with Gasteiger partial charge >= 0.3 is 6.03 Å². The van der Waals surface area contributed by atoms with Crippen LogP contribution >= 0.6 is 0 Å². The fraction of sp³-hybridized carbons (Fsp3) is 0.276. The molecular formula is C29H31N5O3. The van der Waals surface area contributed by atoms with Crippen molar-refractivity contribution in [2.24, 2.45) is 0 Å². The van der Waals surface area contributed by atoms with Gasteiger partial charge in [-0.25, -0.2) is 4.79 Å². The van der Waals surface area contributed by atoms with Crippen molar-refractivity contribution < 1.29 is 14.4 Å². The molecule has 37 heavy (non-hydrogen) atoms. The summed E-state index contributed by atoms with van der Waals surface area (Å²) in [5, 5.41) is 3.64. The van der Waals surface area contributed by atoms with Gasteiger partial charge in [-0.05, 0) is 42.6 Å². The van der Waals surface area contributed by atoms with Crippen molar-refractivity contribution in [1.29, 1.82) is 0 Å². The smallest absolute Gasteiger partial charge is 0.344 e. The number of hydrazine groups is 1. The fourth-order valence-electron chi connectivity index (χ4n) is 5.23. The van der Waals surface area contributed by atoms with E-state index in [1.165, 1.54) is 18.5 Å². The van der Waals surface area contributed by atoms with Crippen molar-refractivity contribution in [3.63, 3.8) is 0 Å². The van der Waals surface area contributed by atoms with Crippen molar-refractivity contribution in [1.82, 2.24) is 20.7 Å². The van der Waals surface area contributed by atoms with Crippen molar-refractivity contribution in [3.8, 4) is 0 Å². The summed E-state index contributed by atoms with van der Waals surface area (Å²) in [4.78, 5) is 44.0. The van der Waals surface area contributed by atoms with E-state index in [1.54, 1.807) is 24.3 Å². The Balaban J connectivity index is 1.30. The highest BCUT2D eigenvalue weighted by atomic mass is 16.2. The molecule has 8 nitrogen and oxygen atoms in total. The Morgan fingerprint density at radius 1 is 0.892 bits per heavy atom. The molecule has 3 aromatic carbocycles. The van der Waals surface area contributed by atoms with Crippen LogP contribution in [-0.4, -0.2) is 54.4 Å². The molecule has 2 N–H and O–H groups in total. The van der Waals surface area contributed by atoms with Crippen molar-refractivity contribution in [3.05, 3.63) is 102 Å². The van der Waals surface area contributed by atoms with E-state index in [1.807, 2.05) is 60.5 Å². The van der Waals surface area contributed by atoms with Crippen LogP contribution in [0.2, 0.25) is 0 Å². The first kappa shape index (κ1) is 24.5. The SMILES string of the molecule is CN(CC(=O)NN1C(=O)NC(c2ccccc2)(c2ccccc2)C1=O)Cc1ccccc1N1CCCC1. The lowest BCUT2D eigenvalue weighted by molar-refractivity contribution is -0.138. The molecule has 0 atom stereocenters. The summed E-state index contributed by atoms with van der Waals surface area (Å²) >= 11 is 0. The largest absolute Gasteiger partial charge is 0.371 e. The molecule has 0 saturated carbocycles. The molecule has 2 aliphatic rings.